The maximum atomic E-state index is 13.0. The number of benzene rings is 2. The first-order chi connectivity index (χ1) is 14.0. The van der Waals surface area contributed by atoms with E-state index in [4.69, 9.17) is 0 Å². The van der Waals surface area contributed by atoms with Crippen LogP contribution in [0.4, 0.5) is 5.69 Å². The van der Waals surface area contributed by atoms with Crippen molar-refractivity contribution in [3.8, 4) is 0 Å². The van der Waals surface area contributed by atoms with Crippen molar-refractivity contribution in [2.75, 3.05) is 4.90 Å². The third kappa shape index (κ3) is 3.40. The van der Waals surface area contributed by atoms with Crippen molar-refractivity contribution < 1.29 is 14.4 Å². The largest absolute Gasteiger partial charge is 0.346 e. The van der Waals surface area contributed by atoms with Gasteiger partial charge in [-0.25, -0.2) is 4.90 Å². The number of carbonyl (C=O) groups excluding carboxylic acids is 3. The molecule has 2 heterocycles. The third-order valence-electron chi connectivity index (χ3n) is 4.90. The lowest BCUT2D eigenvalue weighted by Crippen LogP contribution is -2.30. The van der Waals surface area contributed by atoms with Gasteiger partial charge in [-0.3, -0.25) is 19.4 Å². The van der Waals surface area contributed by atoms with Gasteiger partial charge < -0.3 is 5.32 Å². The van der Waals surface area contributed by atoms with Crippen LogP contribution in [0.25, 0.3) is 0 Å². The predicted octanol–water partition coefficient (Wildman–Crippen LogP) is 3.43. The molecule has 0 atom stereocenters. The molecule has 6 nitrogen and oxygen atoms in total. The van der Waals surface area contributed by atoms with Gasteiger partial charge in [0.05, 0.1) is 29.1 Å². The van der Waals surface area contributed by atoms with Crippen LogP contribution in [-0.2, 0) is 6.54 Å². The van der Waals surface area contributed by atoms with Crippen molar-refractivity contribution in [3.63, 3.8) is 0 Å². The van der Waals surface area contributed by atoms with E-state index in [1.54, 1.807) is 24.4 Å². The van der Waals surface area contributed by atoms with Gasteiger partial charge in [-0.1, -0.05) is 23.8 Å². The molecule has 3 aromatic rings. The lowest BCUT2D eigenvalue weighted by atomic mass is 10.1. The summed E-state index contributed by atoms with van der Waals surface area (Å²) >= 11 is 0. The van der Waals surface area contributed by atoms with Gasteiger partial charge in [0.2, 0.25) is 0 Å². The Morgan fingerprint density at radius 3 is 2.48 bits per heavy atom. The number of carbonyl (C=O) groups is 3. The minimum atomic E-state index is -0.420. The molecule has 0 spiro atoms. The van der Waals surface area contributed by atoms with E-state index in [-0.39, 0.29) is 23.9 Å². The molecule has 1 aliphatic heterocycles. The number of aromatic nitrogens is 1. The average Bonchev–Trinajstić information content (AvgIpc) is 2.97. The SMILES string of the molecule is Cc1ccc(N2C(=O)c3ccc(C(=O)NCc4ccccn4)cc3C2=O)c(C)c1. The van der Waals surface area contributed by atoms with Crippen LogP contribution in [-0.4, -0.2) is 22.7 Å². The second-order valence-corrected chi connectivity index (χ2v) is 7.00. The average molecular weight is 385 g/mol. The van der Waals surface area contributed by atoms with E-state index in [2.05, 4.69) is 10.3 Å². The maximum absolute atomic E-state index is 13.0. The normalized spacial score (nSPS) is 12.8. The van der Waals surface area contributed by atoms with E-state index in [0.29, 0.717) is 16.8 Å². The predicted molar refractivity (Wildman–Crippen MR) is 109 cm³/mol. The van der Waals surface area contributed by atoms with E-state index >= 15 is 0 Å². The van der Waals surface area contributed by atoms with Crippen LogP contribution >= 0.6 is 0 Å². The van der Waals surface area contributed by atoms with Gasteiger partial charge in [-0.15, -0.1) is 0 Å². The van der Waals surface area contributed by atoms with Gasteiger partial charge >= 0.3 is 0 Å². The minimum absolute atomic E-state index is 0.237. The van der Waals surface area contributed by atoms with Gasteiger partial charge in [0.15, 0.2) is 0 Å². The van der Waals surface area contributed by atoms with Crippen LogP contribution < -0.4 is 10.2 Å². The van der Waals surface area contributed by atoms with Crippen LogP contribution in [0.3, 0.4) is 0 Å². The Bertz CT molecular complexity index is 1140. The monoisotopic (exact) mass is 385 g/mol. The summed E-state index contributed by atoms with van der Waals surface area (Å²) < 4.78 is 0. The van der Waals surface area contributed by atoms with Crippen molar-refractivity contribution in [3.05, 3.63) is 94.3 Å². The second-order valence-electron chi connectivity index (χ2n) is 7.00. The number of imide groups is 1. The Morgan fingerprint density at radius 2 is 1.76 bits per heavy atom. The fourth-order valence-corrected chi connectivity index (χ4v) is 3.43. The zero-order valence-corrected chi connectivity index (χ0v) is 16.1. The summed E-state index contributed by atoms with van der Waals surface area (Å²) in [7, 11) is 0. The lowest BCUT2D eigenvalue weighted by Gasteiger charge is -2.16. The highest BCUT2D eigenvalue weighted by molar-refractivity contribution is 6.35. The summed E-state index contributed by atoms with van der Waals surface area (Å²) in [6.45, 7) is 4.09. The summed E-state index contributed by atoms with van der Waals surface area (Å²) in [6, 6.07) is 15.6. The Labute approximate surface area is 168 Å². The number of aryl methyl sites for hydroxylation is 2. The first-order valence-electron chi connectivity index (χ1n) is 9.24. The third-order valence-corrected chi connectivity index (χ3v) is 4.90. The molecule has 0 fully saturated rings. The van der Waals surface area contributed by atoms with Crippen LogP contribution in [0, 0.1) is 13.8 Å². The van der Waals surface area contributed by atoms with Crippen molar-refractivity contribution in [2.45, 2.75) is 20.4 Å². The van der Waals surface area contributed by atoms with Gasteiger partial charge in [-0.2, -0.15) is 0 Å². The van der Waals surface area contributed by atoms with Crippen LogP contribution in [0.2, 0.25) is 0 Å². The number of nitrogens with one attached hydrogen (secondary N) is 1. The van der Waals surface area contributed by atoms with Gasteiger partial charge in [-0.05, 0) is 55.8 Å². The summed E-state index contributed by atoms with van der Waals surface area (Å²) in [4.78, 5) is 43.6. The quantitative estimate of drug-likeness (QED) is 0.698. The molecule has 29 heavy (non-hydrogen) atoms. The van der Waals surface area contributed by atoms with E-state index < -0.39 is 5.91 Å². The number of hydrogen-bond donors (Lipinski definition) is 1. The molecule has 0 unspecified atom stereocenters. The minimum Gasteiger partial charge on any atom is -0.346 e. The number of amides is 3. The Morgan fingerprint density at radius 1 is 0.966 bits per heavy atom. The summed E-state index contributed by atoms with van der Waals surface area (Å²) in [5.74, 6) is -1.13. The number of fused-ring (bicyclic) bond motifs is 1. The first-order valence-corrected chi connectivity index (χ1v) is 9.24. The van der Waals surface area contributed by atoms with Gasteiger partial charge in [0.25, 0.3) is 17.7 Å². The standard InChI is InChI=1S/C23H19N3O3/c1-14-6-9-20(15(2)11-14)26-22(28)18-8-7-16(12-19(18)23(26)29)21(27)25-13-17-5-3-4-10-24-17/h3-12H,13H2,1-2H3,(H,25,27). The maximum Gasteiger partial charge on any atom is 0.266 e. The smallest absolute Gasteiger partial charge is 0.266 e. The fraction of sp³-hybridized carbons (Fsp3) is 0.130. The lowest BCUT2D eigenvalue weighted by molar-refractivity contribution is 0.0923. The molecule has 4 rings (SSSR count). The van der Waals surface area contributed by atoms with E-state index in [1.165, 1.54) is 17.0 Å². The first kappa shape index (κ1) is 18.6. The van der Waals surface area contributed by atoms with Crippen molar-refractivity contribution in [1.82, 2.24) is 10.3 Å². The molecule has 0 saturated carbocycles. The van der Waals surface area contributed by atoms with Crippen LogP contribution in [0.1, 0.15) is 47.9 Å². The molecule has 1 aliphatic rings. The van der Waals surface area contributed by atoms with Gasteiger partial charge in [0.1, 0.15) is 0 Å². The zero-order chi connectivity index (χ0) is 20.5. The molecule has 1 aromatic heterocycles. The molecule has 0 bridgehead atoms. The van der Waals surface area contributed by atoms with Crippen molar-refractivity contribution >= 4 is 23.4 Å². The number of hydrogen-bond acceptors (Lipinski definition) is 4. The van der Waals surface area contributed by atoms with Crippen LogP contribution in [0.5, 0.6) is 0 Å². The Kier molecular flexibility index (Phi) is 4.68. The molecular weight excluding hydrogens is 366 g/mol. The van der Waals surface area contributed by atoms with Crippen molar-refractivity contribution in [1.29, 1.82) is 0 Å². The summed E-state index contributed by atoms with van der Waals surface area (Å²) in [5.41, 5.74) is 4.04. The molecule has 1 N–H and O–H groups in total. The molecular formula is C23H19N3O3. The number of pyridine rings is 1. The highest BCUT2D eigenvalue weighted by atomic mass is 16.2. The molecule has 3 amide bonds. The van der Waals surface area contributed by atoms with Crippen LogP contribution in [0.15, 0.2) is 60.8 Å². The van der Waals surface area contributed by atoms with E-state index in [1.807, 2.05) is 38.1 Å². The van der Waals surface area contributed by atoms with Gasteiger partial charge in [0, 0.05) is 11.8 Å². The van der Waals surface area contributed by atoms with E-state index in [0.717, 1.165) is 16.8 Å². The number of nitrogens with zero attached hydrogens (tertiary/aromatic N) is 2. The summed E-state index contributed by atoms with van der Waals surface area (Å²) in [6.07, 6.45) is 1.66. The Balaban J connectivity index is 1.59. The molecule has 6 heteroatoms. The molecule has 0 radical (unpaired) electrons. The summed E-state index contributed by atoms with van der Waals surface area (Å²) in [5, 5.41) is 2.78. The van der Waals surface area contributed by atoms with Crippen molar-refractivity contribution in [2.24, 2.45) is 0 Å². The highest BCUT2D eigenvalue weighted by Gasteiger charge is 2.37. The second kappa shape index (κ2) is 7.31. The fourth-order valence-electron chi connectivity index (χ4n) is 3.43. The Hall–Kier alpha value is -3.80. The number of rotatable bonds is 4. The highest BCUT2D eigenvalue weighted by Crippen LogP contribution is 2.31. The molecule has 2 aromatic carbocycles. The number of anilines is 1. The topological polar surface area (TPSA) is 79.4 Å². The molecule has 0 saturated heterocycles. The van der Waals surface area contributed by atoms with E-state index in [9.17, 15) is 14.4 Å². The molecule has 0 aliphatic carbocycles. The zero-order valence-electron chi connectivity index (χ0n) is 16.1. The molecule has 144 valence electrons.